The van der Waals surface area contributed by atoms with Gasteiger partial charge in [-0.25, -0.2) is 0 Å². The van der Waals surface area contributed by atoms with Gasteiger partial charge in [-0.15, -0.1) is 0 Å². The Balaban J connectivity index is 1.74. The molecule has 0 fully saturated rings. The summed E-state index contributed by atoms with van der Waals surface area (Å²) in [6.07, 6.45) is 3.08. The van der Waals surface area contributed by atoms with Crippen LogP contribution < -0.4 is 5.56 Å². The number of hydrogen-bond acceptors (Lipinski definition) is 2. The zero-order chi connectivity index (χ0) is 16.8. The summed E-state index contributed by atoms with van der Waals surface area (Å²) in [5.41, 5.74) is 3.12. The van der Waals surface area contributed by atoms with Crippen molar-refractivity contribution in [2.45, 2.75) is 13.0 Å². The third-order valence-electron chi connectivity index (χ3n) is 4.93. The van der Waals surface area contributed by atoms with Crippen LogP contribution in [0.4, 0.5) is 0 Å². The summed E-state index contributed by atoms with van der Waals surface area (Å²) >= 11 is 0. The summed E-state index contributed by atoms with van der Waals surface area (Å²) in [5.74, 6) is 0.802. The maximum atomic E-state index is 12.4. The van der Waals surface area contributed by atoms with Gasteiger partial charge in [0.1, 0.15) is 5.82 Å². The smallest absolute Gasteiger partial charge is 0.281 e. The third kappa shape index (κ3) is 2.20. The van der Waals surface area contributed by atoms with E-state index in [9.17, 15) is 4.79 Å². The fraction of sp³-hybridized carbons (Fsp3) is 0.0909. The molecule has 0 bridgehead atoms. The predicted molar refractivity (Wildman–Crippen MR) is 102 cm³/mol. The molecule has 0 atom stereocenters. The number of para-hydroxylation sites is 1. The number of benzene rings is 3. The highest BCUT2D eigenvalue weighted by molar-refractivity contribution is 5.95. The highest BCUT2D eigenvalue weighted by Gasteiger charge is 2.20. The number of rotatable bonds is 1. The molecule has 25 heavy (non-hydrogen) atoms. The van der Waals surface area contributed by atoms with Crippen LogP contribution in [0.1, 0.15) is 17.8 Å². The average Bonchev–Trinajstić information content (AvgIpc) is 3.05. The molecule has 4 aromatic rings. The van der Waals surface area contributed by atoms with Crippen LogP contribution in [0.5, 0.6) is 0 Å². The molecule has 1 aliphatic rings. The van der Waals surface area contributed by atoms with Gasteiger partial charge in [-0.3, -0.25) is 4.79 Å². The van der Waals surface area contributed by atoms with Gasteiger partial charge >= 0.3 is 0 Å². The summed E-state index contributed by atoms with van der Waals surface area (Å²) in [4.78, 5) is 16.8. The highest BCUT2D eigenvalue weighted by atomic mass is 16.1. The van der Waals surface area contributed by atoms with Gasteiger partial charge in [-0.1, -0.05) is 54.6 Å². The van der Waals surface area contributed by atoms with Crippen molar-refractivity contribution in [1.29, 1.82) is 0 Å². The lowest BCUT2D eigenvalue weighted by Crippen LogP contribution is -2.14. The lowest BCUT2D eigenvalue weighted by atomic mass is 10.0. The van der Waals surface area contributed by atoms with Crippen LogP contribution in [0.2, 0.25) is 0 Å². The van der Waals surface area contributed by atoms with E-state index in [-0.39, 0.29) is 5.56 Å². The topological polar surface area (TPSA) is 34.9 Å². The van der Waals surface area contributed by atoms with E-state index in [0.29, 0.717) is 5.39 Å². The number of fused-ring (bicyclic) bond motifs is 4. The molecule has 0 saturated carbocycles. The Morgan fingerprint density at radius 2 is 1.64 bits per heavy atom. The first-order chi connectivity index (χ1) is 12.3. The fourth-order valence-corrected chi connectivity index (χ4v) is 3.74. The van der Waals surface area contributed by atoms with Crippen LogP contribution in [0, 0.1) is 0 Å². The zero-order valence-electron chi connectivity index (χ0n) is 13.6. The molecule has 3 nitrogen and oxygen atoms in total. The maximum Gasteiger partial charge on any atom is 0.281 e. The first-order valence-corrected chi connectivity index (χ1v) is 8.49. The molecular formula is C22H16N2O. The molecule has 0 spiro atoms. The summed E-state index contributed by atoms with van der Waals surface area (Å²) in [6, 6.07) is 22.4. The van der Waals surface area contributed by atoms with Crippen molar-refractivity contribution in [2.24, 2.45) is 0 Å². The van der Waals surface area contributed by atoms with E-state index in [4.69, 9.17) is 0 Å². The molecule has 3 heteroatoms. The fourth-order valence-electron chi connectivity index (χ4n) is 3.74. The largest absolute Gasteiger partial charge is 0.325 e. The summed E-state index contributed by atoms with van der Waals surface area (Å²) in [5, 5.41) is 3.13. The van der Waals surface area contributed by atoms with E-state index in [2.05, 4.69) is 58.1 Å². The second kappa shape index (κ2) is 5.42. The Labute approximate surface area is 144 Å². The normalized spacial score (nSPS) is 15.1. The Hall–Kier alpha value is -3.20. The molecule has 0 aliphatic carbocycles. The van der Waals surface area contributed by atoms with Gasteiger partial charge in [-0.05, 0) is 46.5 Å². The van der Waals surface area contributed by atoms with Crippen molar-refractivity contribution >= 4 is 33.3 Å². The summed E-state index contributed by atoms with van der Waals surface area (Å²) < 4.78 is 2.16. The number of hydrogen-bond donors (Lipinski definition) is 0. The molecule has 120 valence electrons. The molecule has 0 saturated heterocycles. The van der Waals surface area contributed by atoms with E-state index < -0.39 is 0 Å². The molecular weight excluding hydrogens is 308 g/mol. The molecule has 2 heterocycles. The minimum atomic E-state index is -0.146. The van der Waals surface area contributed by atoms with Gasteiger partial charge in [0.15, 0.2) is 0 Å². The molecule has 0 unspecified atom stereocenters. The summed E-state index contributed by atoms with van der Waals surface area (Å²) in [6.45, 7) is 0.861. The van der Waals surface area contributed by atoms with Crippen molar-refractivity contribution in [1.82, 2.24) is 9.55 Å². The van der Waals surface area contributed by atoms with Crippen molar-refractivity contribution in [3.8, 4) is 0 Å². The number of aromatic nitrogens is 2. The van der Waals surface area contributed by atoms with Crippen LogP contribution in [0.15, 0.2) is 71.5 Å². The Morgan fingerprint density at radius 3 is 2.56 bits per heavy atom. The van der Waals surface area contributed by atoms with E-state index in [0.717, 1.165) is 29.9 Å². The first-order valence-electron chi connectivity index (χ1n) is 8.49. The highest BCUT2D eigenvalue weighted by Crippen LogP contribution is 2.31. The maximum absolute atomic E-state index is 12.4. The molecule has 5 rings (SSSR count). The van der Waals surface area contributed by atoms with Gasteiger partial charge in [0.25, 0.3) is 5.56 Å². The van der Waals surface area contributed by atoms with E-state index in [1.165, 1.54) is 16.3 Å². The summed E-state index contributed by atoms with van der Waals surface area (Å²) in [7, 11) is 0. The molecule has 3 aromatic carbocycles. The van der Waals surface area contributed by atoms with E-state index in [1.54, 1.807) is 0 Å². The second-order valence-corrected chi connectivity index (χ2v) is 6.40. The van der Waals surface area contributed by atoms with Crippen molar-refractivity contribution in [2.75, 3.05) is 0 Å². The van der Waals surface area contributed by atoms with Crippen molar-refractivity contribution in [3.05, 3.63) is 88.5 Å². The zero-order valence-corrected chi connectivity index (χ0v) is 13.6. The molecule has 0 N–H and O–H groups in total. The van der Waals surface area contributed by atoms with Gasteiger partial charge in [0.2, 0.25) is 0 Å². The van der Waals surface area contributed by atoms with Gasteiger partial charge in [0.05, 0.1) is 10.9 Å². The number of allylic oxidation sites excluding steroid dienone is 1. The van der Waals surface area contributed by atoms with Crippen LogP contribution in [0.3, 0.4) is 0 Å². The Kier molecular flexibility index (Phi) is 3.07. The SMILES string of the molecule is O=c1nc2n(c3ccccc13)CCC2=Cc1cccc2ccccc12. The van der Waals surface area contributed by atoms with Crippen LogP contribution in [-0.4, -0.2) is 9.55 Å². The number of nitrogens with zero attached hydrogens (tertiary/aromatic N) is 2. The predicted octanol–water partition coefficient (Wildman–Crippen LogP) is 4.49. The lowest BCUT2D eigenvalue weighted by Gasteiger charge is -2.08. The molecule has 0 amide bonds. The van der Waals surface area contributed by atoms with E-state index >= 15 is 0 Å². The molecule has 1 aliphatic heterocycles. The Morgan fingerprint density at radius 1 is 0.880 bits per heavy atom. The van der Waals surface area contributed by atoms with Gasteiger partial charge in [-0.2, -0.15) is 4.98 Å². The first kappa shape index (κ1) is 14.2. The van der Waals surface area contributed by atoms with Gasteiger partial charge in [0, 0.05) is 6.54 Å². The van der Waals surface area contributed by atoms with Crippen LogP contribution >= 0.6 is 0 Å². The monoisotopic (exact) mass is 324 g/mol. The van der Waals surface area contributed by atoms with Crippen molar-refractivity contribution < 1.29 is 0 Å². The van der Waals surface area contributed by atoms with Crippen LogP contribution in [0.25, 0.3) is 33.3 Å². The Bertz CT molecular complexity index is 1210. The van der Waals surface area contributed by atoms with Gasteiger partial charge < -0.3 is 4.57 Å². The minimum absolute atomic E-state index is 0.146. The minimum Gasteiger partial charge on any atom is -0.325 e. The third-order valence-corrected chi connectivity index (χ3v) is 4.93. The molecule has 0 radical (unpaired) electrons. The van der Waals surface area contributed by atoms with E-state index in [1.807, 2.05) is 24.3 Å². The lowest BCUT2D eigenvalue weighted by molar-refractivity contribution is 0.772. The van der Waals surface area contributed by atoms with Crippen molar-refractivity contribution in [3.63, 3.8) is 0 Å². The number of aryl methyl sites for hydroxylation is 1. The van der Waals surface area contributed by atoms with Crippen LogP contribution in [-0.2, 0) is 6.54 Å². The second-order valence-electron chi connectivity index (χ2n) is 6.40. The molecule has 1 aromatic heterocycles. The average molecular weight is 324 g/mol. The standard InChI is InChI=1S/C22H16N2O/c25-22-19-10-3-4-11-20(19)24-13-12-17(21(24)23-22)14-16-8-5-7-15-6-1-2-9-18(15)16/h1-11,14H,12-13H2. The quantitative estimate of drug-likeness (QED) is 0.517.